The zero-order valence-electron chi connectivity index (χ0n) is 12.5. The Bertz CT molecular complexity index is 709. The Hall–Kier alpha value is -2.86. The predicted molar refractivity (Wildman–Crippen MR) is 89.5 cm³/mol. The molecule has 0 atom stereocenters. The van der Waals surface area contributed by atoms with Crippen LogP contribution >= 0.6 is 0 Å². The molecule has 0 heterocycles. The van der Waals surface area contributed by atoms with Gasteiger partial charge in [0.15, 0.2) is 0 Å². The van der Waals surface area contributed by atoms with Crippen LogP contribution in [0.25, 0.3) is 6.08 Å². The first-order chi connectivity index (χ1) is 10.7. The fourth-order valence-electron chi connectivity index (χ4n) is 2.02. The quantitative estimate of drug-likeness (QED) is 0.873. The van der Waals surface area contributed by atoms with Crippen LogP contribution in [-0.4, -0.2) is 5.91 Å². The van der Waals surface area contributed by atoms with Gasteiger partial charge in [-0.3, -0.25) is 4.79 Å². The van der Waals surface area contributed by atoms with Crippen molar-refractivity contribution >= 4 is 17.7 Å². The maximum atomic E-state index is 12.2. The molecule has 0 aliphatic heterocycles. The highest BCUT2D eigenvalue weighted by Crippen LogP contribution is 2.15. The van der Waals surface area contributed by atoms with E-state index in [0.717, 1.165) is 18.4 Å². The minimum absolute atomic E-state index is 0.216. The Morgan fingerprint density at radius 2 is 1.91 bits per heavy atom. The van der Waals surface area contributed by atoms with Crippen LogP contribution in [0.3, 0.4) is 0 Å². The summed E-state index contributed by atoms with van der Waals surface area (Å²) in [5, 5.41) is 11.8. The van der Waals surface area contributed by atoms with E-state index in [9.17, 15) is 4.79 Å². The highest BCUT2D eigenvalue weighted by atomic mass is 16.1. The van der Waals surface area contributed by atoms with Gasteiger partial charge >= 0.3 is 0 Å². The Morgan fingerprint density at radius 3 is 2.59 bits per heavy atom. The summed E-state index contributed by atoms with van der Waals surface area (Å²) in [4.78, 5) is 12.2. The van der Waals surface area contributed by atoms with E-state index in [-0.39, 0.29) is 5.91 Å². The smallest absolute Gasteiger partial charge is 0.255 e. The number of benzene rings is 2. The van der Waals surface area contributed by atoms with E-state index in [1.165, 1.54) is 0 Å². The van der Waals surface area contributed by atoms with E-state index in [2.05, 4.69) is 30.5 Å². The number of anilines is 1. The summed E-state index contributed by atoms with van der Waals surface area (Å²) in [7, 11) is 0. The maximum Gasteiger partial charge on any atom is 0.255 e. The Morgan fingerprint density at radius 1 is 1.18 bits per heavy atom. The molecule has 0 bridgehead atoms. The number of hydrogen-bond acceptors (Lipinski definition) is 2. The monoisotopic (exact) mass is 290 g/mol. The van der Waals surface area contributed by atoms with Crippen molar-refractivity contribution in [2.75, 3.05) is 5.32 Å². The number of nitrogens with zero attached hydrogens (tertiary/aromatic N) is 1. The molecule has 1 amide bonds. The van der Waals surface area contributed by atoms with Gasteiger partial charge in [0.25, 0.3) is 5.91 Å². The van der Waals surface area contributed by atoms with Gasteiger partial charge in [-0.05, 0) is 36.2 Å². The first-order valence-corrected chi connectivity index (χ1v) is 7.31. The Labute approximate surface area is 130 Å². The summed E-state index contributed by atoms with van der Waals surface area (Å²) in [5.74, 6) is -0.216. The molecule has 2 aromatic carbocycles. The highest BCUT2D eigenvalue weighted by Gasteiger charge is 2.08. The summed E-state index contributed by atoms with van der Waals surface area (Å²) < 4.78 is 0. The maximum absolute atomic E-state index is 12.2. The van der Waals surface area contributed by atoms with Crippen LogP contribution in [0.15, 0.2) is 54.6 Å². The molecule has 22 heavy (non-hydrogen) atoms. The second-order valence-electron chi connectivity index (χ2n) is 4.92. The number of nitrogens with one attached hydrogen (secondary N) is 1. The number of unbranched alkanes of at least 4 members (excludes halogenated alkanes) is 1. The van der Waals surface area contributed by atoms with E-state index >= 15 is 0 Å². The molecular weight excluding hydrogens is 272 g/mol. The van der Waals surface area contributed by atoms with Gasteiger partial charge in [0, 0.05) is 5.56 Å². The van der Waals surface area contributed by atoms with Gasteiger partial charge in [0.05, 0.1) is 11.3 Å². The van der Waals surface area contributed by atoms with Crippen molar-refractivity contribution < 1.29 is 4.79 Å². The van der Waals surface area contributed by atoms with E-state index in [1.807, 2.05) is 12.1 Å². The predicted octanol–water partition coefficient (Wildman–Crippen LogP) is 4.62. The Balaban J connectivity index is 2.08. The van der Waals surface area contributed by atoms with Crippen LogP contribution in [0.1, 0.15) is 41.3 Å². The normalized spacial score (nSPS) is 10.4. The summed E-state index contributed by atoms with van der Waals surface area (Å²) in [5.41, 5.74) is 2.62. The number of carbonyl (C=O) groups excluding carboxylic acids is 1. The van der Waals surface area contributed by atoms with Crippen molar-refractivity contribution in [3.8, 4) is 6.07 Å². The van der Waals surface area contributed by atoms with Crippen molar-refractivity contribution in [3.63, 3.8) is 0 Å². The van der Waals surface area contributed by atoms with Crippen LogP contribution in [0.5, 0.6) is 0 Å². The lowest BCUT2D eigenvalue weighted by Gasteiger charge is -2.07. The van der Waals surface area contributed by atoms with Crippen molar-refractivity contribution in [3.05, 3.63) is 71.3 Å². The second-order valence-corrected chi connectivity index (χ2v) is 4.92. The van der Waals surface area contributed by atoms with Crippen LogP contribution in [0, 0.1) is 11.3 Å². The largest absolute Gasteiger partial charge is 0.321 e. The number of hydrogen-bond donors (Lipinski definition) is 1. The summed E-state index contributed by atoms with van der Waals surface area (Å²) in [6.45, 7) is 2.14. The van der Waals surface area contributed by atoms with Crippen LogP contribution in [-0.2, 0) is 0 Å². The lowest BCUT2D eigenvalue weighted by Crippen LogP contribution is -2.12. The fourth-order valence-corrected chi connectivity index (χ4v) is 2.02. The minimum atomic E-state index is -0.216. The molecule has 0 aromatic heterocycles. The molecule has 0 spiro atoms. The zero-order chi connectivity index (χ0) is 15.8. The molecule has 0 unspecified atom stereocenters. The van der Waals surface area contributed by atoms with Crippen molar-refractivity contribution in [1.29, 1.82) is 5.26 Å². The van der Waals surface area contributed by atoms with E-state index in [0.29, 0.717) is 16.8 Å². The average Bonchev–Trinajstić information content (AvgIpc) is 2.56. The number of carbonyl (C=O) groups is 1. The summed E-state index contributed by atoms with van der Waals surface area (Å²) in [6.07, 6.45) is 6.34. The van der Waals surface area contributed by atoms with Crippen LogP contribution in [0.4, 0.5) is 5.69 Å². The third-order valence-corrected chi connectivity index (χ3v) is 3.23. The van der Waals surface area contributed by atoms with Gasteiger partial charge in [-0.25, -0.2) is 0 Å². The van der Waals surface area contributed by atoms with Crippen molar-refractivity contribution in [1.82, 2.24) is 0 Å². The molecule has 2 aromatic rings. The highest BCUT2D eigenvalue weighted by molar-refractivity contribution is 6.05. The molecule has 0 aliphatic carbocycles. The average molecular weight is 290 g/mol. The molecule has 3 nitrogen and oxygen atoms in total. The molecule has 1 N–H and O–H groups in total. The van der Waals surface area contributed by atoms with E-state index in [1.54, 1.807) is 36.4 Å². The van der Waals surface area contributed by atoms with Gasteiger partial charge < -0.3 is 5.32 Å². The van der Waals surface area contributed by atoms with Gasteiger partial charge in [0.1, 0.15) is 6.07 Å². The number of amides is 1. The molecule has 3 heteroatoms. The SMILES string of the molecule is CCCC=Cc1ccc(C(=O)Nc2ccccc2C#N)cc1. The van der Waals surface area contributed by atoms with Gasteiger partial charge in [0.2, 0.25) is 0 Å². The molecule has 2 rings (SSSR count). The summed E-state index contributed by atoms with van der Waals surface area (Å²) in [6, 6.07) is 16.4. The number of nitriles is 1. The lowest BCUT2D eigenvalue weighted by atomic mass is 10.1. The number of rotatable bonds is 5. The van der Waals surface area contributed by atoms with E-state index < -0.39 is 0 Å². The topological polar surface area (TPSA) is 52.9 Å². The fraction of sp³-hybridized carbons (Fsp3) is 0.158. The molecule has 0 fully saturated rings. The van der Waals surface area contributed by atoms with E-state index in [4.69, 9.17) is 5.26 Å². The molecule has 0 aliphatic rings. The van der Waals surface area contributed by atoms with Gasteiger partial charge in [-0.2, -0.15) is 5.26 Å². The number of para-hydroxylation sites is 1. The second kappa shape index (κ2) is 7.80. The zero-order valence-corrected chi connectivity index (χ0v) is 12.5. The van der Waals surface area contributed by atoms with Crippen molar-refractivity contribution in [2.45, 2.75) is 19.8 Å². The first-order valence-electron chi connectivity index (χ1n) is 7.31. The summed E-state index contributed by atoms with van der Waals surface area (Å²) >= 11 is 0. The molecule has 0 saturated carbocycles. The van der Waals surface area contributed by atoms with Crippen LogP contribution in [0.2, 0.25) is 0 Å². The lowest BCUT2D eigenvalue weighted by molar-refractivity contribution is 0.102. The van der Waals surface area contributed by atoms with Crippen LogP contribution < -0.4 is 5.32 Å². The van der Waals surface area contributed by atoms with Crippen molar-refractivity contribution in [2.24, 2.45) is 0 Å². The standard InChI is InChI=1S/C19H18N2O/c1-2-3-4-7-15-10-12-16(13-11-15)19(22)21-18-9-6-5-8-17(18)14-20/h4-13H,2-3H2,1H3,(H,21,22). The number of allylic oxidation sites excluding steroid dienone is 1. The Kier molecular flexibility index (Phi) is 5.50. The minimum Gasteiger partial charge on any atom is -0.321 e. The van der Waals surface area contributed by atoms with Gasteiger partial charge in [-0.1, -0.05) is 49.8 Å². The van der Waals surface area contributed by atoms with Gasteiger partial charge in [-0.15, -0.1) is 0 Å². The molecular formula is C19H18N2O. The molecule has 0 radical (unpaired) electrons. The molecule has 110 valence electrons. The molecule has 0 saturated heterocycles. The first kappa shape index (κ1) is 15.5. The third-order valence-electron chi connectivity index (χ3n) is 3.23. The third kappa shape index (κ3) is 4.07.